The van der Waals surface area contributed by atoms with Crippen LogP contribution in [0.3, 0.4) is 0 Å². The number of rotatable bonds is 3. The number of ketones is 1. The molecule has 2 atom stereocenters. The molecule has 0 spiro atoms. The number of nitrogens with one attached hydrogen (secondary N) is 1. The fourth-order valence-electron chi connectivity index (χ4n) is 4.26. The normalized spacial score (nSPS) is 23.3. The molecular formula is C20H21NO4S2. The first-order valence-corrected chi connectivity index (χ1v) is 10.8. The molecule has 5 nitrogen and oxygen atoms in total. The lowest BCUT2D eigenvalue weighted by atomic mass is 9.71. The van der Waals surface area contributed by atoms with Crippen LogP contribution in [0.25, 0.3) is 0 Å². The summed E-state index contributed by atoms with van der Waals surface area (Å²) in [5.74, 6) is -1.91. The van der Waals surface area contributed by atoms with Gasteiger partial charge < -0.3 is 10.1 Å². The number of aliphatic carboxylic acids is 1. The summed E-state index contributed by atoms with van der Waals surface area (Å²) in [5, 5.41) is 9.45. The van der Waals surface area contributed by atoms with E-state index >= 15 is 0 Å². The van der Waals surface area contributed by atoms with E-state index < -0.39 is 22.6 Å². The number of carbonyl (C=O) groups is 2. The smallest absolute Gasteiger partial charge is 0.317 e. The molecule has 2 heterocycles. The summed E-state index contributed by atoms with van der Waals surface area (Å²) in [5.41, 5.74) is 2.33. The van der Waals surface area contributed by atoms with Gasteiger partial charge >= 0.3 is 10.8 Å². The van der Waals surface area contributed by atoms with Crippen molar-refractivity contribution in [3.8, 4) is 0 Å². The van der Waals surface area contributed by atoms with Crippen LogP contribution in [-0.2, 0) is 23.1 Å². The van der Waals surface area contributed by atoms with E-state index in [1.165, 1.54) is 17.5 Å². The van der Waals surface area contributed by atoms with Crippen molar-refractivity contribution >= 4 is 34.9 Å². The van der Waals surface area contributed by atoms with Crippen molar-refractivity contribution < 1.29 is 14.7 Å². The van der Waals surface area contributed by atoms with E-state index in [1.54, 1.807) is 0 Å². The molecule has 0 amide bonds. The molecule has 0 bridgehead atoms. The number of fused-ring (bicyclic) bond motifs is 2. The molecule has 2 aliphatic rings. The van der Waals surface area contributed by atoms with E-state index in [4.69, 9.17) is 0 Å². The number of carboxylic acid groups (broad SMARTS) is 1. The molecule has 7 heteroatoms. The van der Waals surface area contributed by atoms with Crippen LogP contribution < -0.4 is 4.87 Å². The number of Topliss-reactive ketones (excluding diaryl/α,β-unsaturated/α-hetero) is 1. The molecule has 0 saturated carbocycles. The van der Waals surface area contributed by atoms with Gasteiger partial charge in [0.25, 0.3) is 0 Å². The van der Waals surface area contributed by atoms with Gasteiger partial charge in [-0.3, -0.25) is 14.4 Å². The minimum absolute atomic E-state index is 0.153. The topological polar surface area (TPSA) is 87.2 Å². The summed E-state index contributed by atoms with van der Waals surface area (Å²) in [6.07, 6.45) is 4.29. The highest BCUT2D eigenvalue weighted by molar-refractivity contribution is 8.00. The highest BCUT2D eigenvalue weighted by atomic mass is 32.2. The number of carbonyl (C=O) groups excluding carboxylic acids is 1. The Balaban J connectivity index is 1.79. The van der Waals surface area contributed by atoms with Crippen molar-refractivity contribution in [2.24, 2.45) is 5.92 Å². The van der Waals surface area contributed by atoms with E-state index in [1.807, 2.05) is 32.0 Å². The maximum absolute atomic E-state index is 13.5. The summed E-state index contributed by atoms with van der Waals surface area (Å²) in [7, 11) is 0. The number of hydrogen-bond donors (Lipinski definition) is 2. The first-order chi connectivity index (χ1) is 12.8. The van der Waals surface area contributed by atoms with Gasteiger partial charge in [-0.15, -0.1) is 0 Å². The van der Waals surface area contributed by atoms with Gasteiger partial charge in [-0.2, -0.15) is 0 Å². The molecule has 1 aromatic carbocycles. The minimum atomic E-state index is -1.03. The maximum Gasteiger partial charge on any atom is 0.317 e. The third-order valence-electron chi connectivity index (χ3n) is 5.69. The zero-order chi connectivity index (χ0) is 19.3. The molecular weight excluding hydrogens is 382 g/mol. The highest BCUT2D eigenvalue weighted by Gasteiger charge is 2.51. The molecule has 0 unspecified atom stereocenters. The maximum atomic E-state index is 13.5. The van der Waals surface area contributed by atoms with E-state index in [0.717, 1.165) is 47.2 Å². The van der Waals surface area contributed by atoms with Crippen LogP contribution in [0.5, 0.6) is 0 Å². The number of benzene rings is 1. The molecule has 0 radical (unpaired) electrons. The largest absolute Gasteiger partial charge is 0.480 e. The predicted octanol–water partition coefficient (Wildman–Crippen LogP) is 3.65. The number of hydrogen-bond acceptors (Lipinski definition) is 5. The monoisotopic (exact) mass is 403 g/mol. The molecule has 1 aliphatic carbocycles. The molecule has 142 valence electrons. The standard InChI is InChI=1S/C20H21NO4S2/c1-20(2)13(15(18(23)24)26-17-16(20)27-19(25)21-17)14(22)12-8-7-10-5-3-4-6-11(10)9-12/h7-9,13,15H,3-6H2,1-2H3,(H,21,25)(H,23,24)/t13-,15+/m1/s1. The van der Waals surface area contributed by atoms with Crippen molar-refractivity contribution in [3.05, 3.63) is 49.4 Å². The Hall–Kier alpha value is -1.86. The summed E-state index contributed by atoms with van der Waals surface area (Å²) >= 11 is 2.16. The third-order valence-corrected chi connectivity index (χ3v) is 8.31. The first-order valence-electron chi connectivity index (χ1n) is 9.08. The molecule has 2 aromatic rings. The average molecular weight is 404 g/mol. The molecule has 2 N–H and O–H groups in total. The van der Waals surface area contributed by atoms with Crippen molar-refractivity contribution in [1.82, 2.24) is 4.98 Å². The van der Waals surface area contributed by atoms with Gasteiger partial charge in [-0.25, -0.2) is 0 Å². The lowest BCUT2D eigenvalue weighted by molar-refractivity contribution is -0.137. The average Bonchev–Trinajstić information content (AvgIpc) is 3.02. The van der Waals surface area contributed by atoms with E-state index in [0.29, 0.717) is 10.6 Å². The highest BCUT2D eigenvalue weighted by Crippen LogP contribution is 2.50. The molecule has 1 aliphatic heterocycles. The zero-order valence-corrected chi connectivity index (χ0v) is 16.8. The van der Waals surface area contributed by atoms with Crippen LogP contribution in [0, 0.1) is 5.92 Å². The van der Waals surface area contributed by atoms with Gasteiger partial charge in [0.05, 0.1) is 10.9 Å². The number of carboxylic acids is 1. The summed E-state index contributed by atoms with van der Waals surface area (Å²) < 4.78 is 0. The van der Waals surface area contributed by atoms with Gasteiger partial charge in [0.1, 0.15) is 5.25 Å². The lowest BCUT2D eigenvalue weighted by Crippen LogP contribution is -2.47. The van der Waals surface area contributed by atoms with Crippen LogP contribution in [0.15, 0.2) is 28.0 Å². The van der Waals surface area contributed by atoms with Crippen LogP contribution in [0.4, 0.5) is 0 Å². The van der Waals surface area contributed by atoms with Crippen LogP contribution in [-0.4, -0.2) is 27.1 Å². The van der Waals surface area contributed by atoms with Crippen LogP contribution >= 0.6 is 23.1 Å². The Morgan fingerprint density at radius 2 is 1.89 bits per heavy atom. The van der Waals surface area contributed by atoms with Crippen molar-refractivity contribution in [1.29, 1.82) is 0 Å². The molecule has 0 fully saturated rings. The minimum Gasteiger partial charge on any atom is -0.480 e. The van der Waals surface area contributed by atoms with Crippen molar-refractivity contribution in [2.75, 3.05) is 0 Å². The zero-order valence-electron chi connectivity index (χ0n) is 15.2. The second kappa shape index (κ2) is 6.63. The molecule has 0 saturated heterocycles. The van der Waals surface area contributed by atoms with Crippen molar-refractivity contribution in [3.63, 3.8) is 0 Å². The Morgan fingerprint density at radius 3 is 2.59 bits per heavy atom. The van der Waals surface area contributed by atoms with Gasteiger partial charge in [0.15, 0.2) is 5.78 Å². The summed E-state index contributed by atoms with van der Waals surface area (Å²) in [6.45, 7) is 3.73. The van der Waals surface area contributed by atoms with Gasteiger partial charge in [0, 0.05) is 15.9 Å². The quantitative estimate of drug-likeness (QED) is 0.764. The Labute approximate surface area is 165 Å². The second-order valence-electron chi connectivity index (χ2n) is 7.80. The number of thiazole rings is 1. The molecule has 27 heavy (non-hydrogen) atoms. The number of aryl methyl sites for hydroxylation is 2. The van der Waals surface area contributed by atoms with Crippen LogP contribution in [0.1, 0.15) is 53.1 Å². The summed E-state index contributed by atoms with van der Waals surface area (Å²) in [4.78, 5) is 40.6. The number of H-pyrrole nitrogens is 1. The second-order valence-corrected chi connectivity index (χ2v) is 9.94. The van der Waals surface area contributed by atoms with Crippen LogP contribution in [0.2, 0.25) is 0 Å². The number of aromatic amines is 1. The van der Waals surface area contributed by atoms with Gasteiger partial charge in [-0.05, 0) is 42.9 Å². The van der Waals surface area contributed by atoms with E-state index in [9.17, 15) is 19.5 Å². The Kier molecular flexibility index (Phi) is 4.55. The van der Waals surface area contributed by atoms with Crippen molar-refractivity contribution in [2.45, 2.75) is 55.2 Å². The predicted molar refractivity (Wildman–Crippen MR) is 106 cm³/mol. The molecule has 4 rings (SSSR count). The van der Waals surface area contributed by atoms with Gasteiger partial charge in [-0.1, -0.05) is 49.1 Å². The fraction of sp³-hybridized carbons (Fsp3) is 0.450. The van der Waals surface area contributed by atoms with E-state index in [2.05, 4.69) is 4.98 Å². The summed E-state index contributed by atoms with van der Waals surface area (Å²) in [6, 6.07) is 5.80. The fourth-order valence-corrected chi connectivity index (χ4v) is 6.94. The SMILES string of the molecule is CC1(C)c2sc(=O)[nH]c2S[C@H](C(=O)O)[C@H]1C(=O)c1ccc2c(c1)CCCC2. The van der Waals surface area contributed by atoms with E-state index in [-0.39, 0.29) is 10.7 Å². The Bertz CT molecular complexity index is 988. The number of aromatic nitrogens is 1. The first kappa shape index (κ1) is 18.5. The molecule has 1 aromatic heterocycles. The lowest BCUT2D eigenvalue weighted by Gasteiger charge is -2.40. The Morgan fingerprint density at radius 1 is 1.19 bits per heavy atom. The number of thioether (sulfide) groups is 1. The third kappa shape index (κ3) is 3.06. The van der Waals surface area contributed by atoms with Gasteiger partial charge in [0.2, 0.25) is 0 Å².